The number of carbonyl (C=O) groups excluding carboxylic acids is 1. The first kappa shape index (κ1) is 15.6. The second-order valence-corrected chi connectivity index (χ2v) is 3.12. The van der Waals surface area contributed by atoms with E-state index in [1.807, 2.05) is 39.8 Å². The van der Waals surface area contributed by atoms with Crippen molar-refractivity contribution < 1.29 is 14.3 Å². The molecular weight excluding hydrogens is 218 g/mol. The third kappa shape index (κ3) is 4.51. The molecule has 0 spiro atoms. The van der Waals surface area contributed by atoms with Crippen molar-refractivity contribution in [2.45, 2.75) is 40.7 Å². The molecule has 1 atom stereocenters. The number of ether oxygens (including phenoxy) is 2. The molecule has 0 amide bonds. The van der Waals surface area contributed by atoms with Crippen LogP contribution >= 0.6 is 0 Å². The molecule has 1 rings (SSSR count). The Hall–Kier alpha value is -1.45. The van der Waals surface area contributed by atoms with E-state index in [0.29, 0.717) is 13.2 Å². The Morgan fingerprint density at radius 3 is 2.59 bits per heavy atom. The molecule has 0 radical (unpaired) electrons. The van der Waals surface area contributed by atoms with Crippen molar-refractivity contribution in [2.24, 2.45) is 0 Å². The van der Waals surface area contributed by atoms with Crippen LogP contribution < -0.4 is 5.32 Å². The van der Waals surface area contributed by atoms with E-state index in [2.05, 4.69) is 5.32 Å². The van der Waals surface area contributed by atoms with Gasteiger partial charge in [0.25, 0.3) is 0 Å². The van der Waals surface area contributed by atoms with Gasteiger partial charge in [-0.1, -0.05) is 19.9 Å². The average Bonchev–Trinajstić information content (AvgIpc) is 2.40. The van der Waals surface area contributed by atoms with Gasteiger partial charge in [0, 0.05) is 0 Å². The number of allylic oxidation sites excluding steroid dienone is 2. The van der Waals surface area contributed by atoms with Crippen LogP contribution in [0.15, 0.2) is 23.6 Å². The van der Waals surface area contributed by atoms with Crippen molar-refractivity contribution in [3.05, 3.63) is 23.6 Å². The highest BCUT2D eigenvalue weighted by Crippen LogP contribution is 2.16. The predicted molar refractivity (Wildman–Crippen MR) is 68.4 cm³/mol. The van der Waals surface area contributed by atoms with Gasteiger partial charge in [0.15, 0.2) is 6.04 Å². The number of rotatable bonds is 2. The van der Waals surface area contributed by atoms with Crippen LogP contribution in [0.5, 0.6) is 0 Å². The smallest absolute Gasteiger partial charge is 0.332 e. The Bertz CT molecular complexity index is 295. The molecule has 4 nitrogen and oxygen atoms in total. The molecule has 0 bridgehead atoms. The van der Waals surface area contributed by atoms with Crippen LogP contribution in [0.3, 0.4) is 0 Å². The molecule has 0 saturated carbocycles. The summed E-state index contributed by atoms with van der Waals surface area (Å²) in [5.41, 5.74) is 0.835. The summed E-state index contributed by atoms with van der Waals surface area (Å²) in [4.78, 5) is 11.4. The Kier molecular flexibility index (Phi) is 7.93. The molecule has 0 aromatic carbocycles. The van der Waals surface area contributed by atoms with Gasteiger partial charge in [-0.15, -0.1) is 0 Å². The van der Waals surface area contributed by atoms with E-state index < -0.39 is 6.04 Å². The van der Waals surface area contributed by atoms with Gasteiger partial charge in [-0.25, -0.2) is 4.79 Å². The van der Waals surface area contributed by atoms with Crippen LogP contribution in [0.4, 0.5) is 0 Å². The lowest BCUT2D eigenvalue weighted by molar-refractivity contribution is -0.147. The minimum absolute atomic E-state index is 0.271. The fourth-order valence-corrected chi connectivity index (χ4v) is 1.39. The number of morpholine rings is 1. The summed E-state index contributed by atoms with van der Waals surface area (Å²) in [6.45, 7) is 10.3. The van der Waals surface area contributed by atoms with E-state index in [9.17, 15) is 4.79 Å². The van der Waals surface area contributed by atoms with Crippen LogP contribution in [-0.4, -0.2) is 25.2 Å². The van der Waals surface area contributed by atoms with Gasteiger partial charge in [-0.05, 0) is 26.8 Å². The molecule has 1 aliphatic heterocycles. The molecule has 1 fully saturated rings. The zero-order valence-electron chi connectivity index (χ0n) is 11.4. The van der Waals surface area contributed by atoms with Crippen molar-refractivity contribution >= 4 is 5.97 Å². The van der Waals surface area contributed by atoms with Crippen molar-refractivity contribution in [3.63, 3.8) is 0 Å². The van der Waals surface area contributed by atoms with Gasteiger partial charge in [-0.2, -0.15) is 0 Å². The number of hydrogen-bond donors (Lipinski definition) is 1. The molecule has 1 saturated heterocycles. The van der Waals surface area contributed by atoms with E-state index in [0.717, 1.165) is 11.5 Å². The first-order chi connectivity index (χ1) is 8.22. The second kappa shape index (κ2) is 8.67. The highest BCUT2D eigenvalue weighted by atomic mass is 16.5. The third-order valence-electron chi connectivity index (χ3n) is 2.12. The second-order valence-electron chi connectivity index (χ2n) is 3.12. The van der Waals surface area contributed by atoms with E-state index in [1.165, 1.54) is 0 Å². The van der Waals surface area contributed by atoms with Crippen LogP contribution in [0, 0.1) is 0 Å². The summed E-state index contributed by atoms with van der Waals surface area (Å²) in [5.74, 6) is 0.505. The fourth-order valence-electron chi connectivity index (χ4n) is 1.39. The summed E-state index contributed by atoms with van der Waals surface area (Å²) in [7, 11) is 0. The fraction of sp³-hybridized carbons (Fsp3) is 0.615. The molecule has 17 heavy (non-hydrogen) atoms. The van der Waals surface area contributed by atoms with Gasteiger partial charge in [0.2, 0.25) is 0 Å². The van der Waals surface area contributed by atoms with Gasteiger partial charge in [0.05, 0.1) is 12.3 Å². The molecule has 0 aliphatic carbocycles. The van der Waals surface area contributed by atoms with Crippen molar-refractivity contribution in [1.29, 1.82) is 0 Å². The Labute approximate surface area is 104 Å². The van der Waals surface area contributed by atoms with E-state index in [1.54, 1.807) is 6.92 Å². The van der Waals surface area contributed by atoms with Crippen molar-refractivity contribution in [1.82, 2.24) is 5.32 Å². The maximum atomic E-state index is 11.4. The maximum absolute atomic E-state index is 11.4. The van der Waals surface area contributed by atoms with Crippen molar-refractivity contribution in [2.75, 3.05) is 13.2 Å². The Morgan fingerprint density at radius 2 is 2.12 bits per heavy atom. The zero-order valence-corrected chi connectivity index (χ0v) is 11.4. The summed E-state index contributed by atoms with van der Waals surface area (Å²) in [6, 6.07) is -0.403. The molecule has 1 unspecified atom stereocenters. The number of carbonyl (C=O) groups is 1. The molecule has 1 heterocycles. The molecule has 4 heteroatoms. The van der Waals surface area contributed by atoms with E-state index in [4.69, 9.17) is 9.47 Å². The summed E-state index contributed by atoms with van der Waals surface area (Å²) < 4.78 is 10.4. The van der Waals surface area contributed by atoms with Crippen LogP contribution in [0.2, 0.25) is 0 Å². The molecular formula is C13H23NO3. The molecule has 1 aliphatic rings. The highest BCUT2D eigenvalue weighted by molar-refractivity contribution is 5.76. The minimum Gasteiger partial charge on any atom is -0.489 e. The van der Waals surface area contributed by atoms with E-state index >= 15 is 0 Å². The SMILES string of the molecule is C/C=C1/NC(C(=O)OCC)CO/C1=C/C.CC. The zero-order chi connectivity index (χ0) is 13.3. The largest absolute Gasteiger partial charge is 0.489 e. The van der Waals surface area contributed by atoms with Crippen LogP contribution in [-0.2, 0) is 14.3 Å². The predicted octanol–water partition coefficient (Wildman–Crippen LogP) is 2.37. The van der Waals surface area contributed by atoms with Crippen LogP contribution in [0.25, 0.3) is 0 Å². The third-order valence-corrected chi connectivity index (χ3v) is 2.12. The standard InChI is InChI=1S/C11H17NO3.C2H6/c1-4-8-10(5-2)15-7-9(12-8)11(13)14-6-3;1-2/h4-5,9,12H,6-7H2,1-3H3;1-2H3/b8-4+,10-5+;. The number of nitrogens with one attached hydrogen (secondary N) is 1. The minimum atomic E-state index is -0.403. The molecule has 98 valence electrons. The Balaban J connectivity index is 0.00000121. The monoisotopic (exact) mass is 241 g/mol. The maximum Gasteiger partial charge on any atom is 0.332 e. The average molecular weight is 241 g/mol. The van der Waals surface area contributed by atoms with Crippen molar-refractivity contribution in [3.8, 4) is 0 Å². The van der Waals surface area contributed by atoms with Crippen LogP contribution in [0.1, 0.15) is 34.6 Å². The van der Waals surface area contributed by atoms with Gasteiger partial charge in [-0.3, -0.25) is 0 Å². The molecule has 1 N–H and O–H groups in total. The first-order valence-electron chi connectivity index (χ1n) is 6.11. The Morgan fingerprint density at radius 1 is 1.47 bits per heavy atom. The van der Waals surface area contributed by atoms with Gasteiger partial charge < -0.3 is 14.8 Å². The normalized spacial score (nSPS) is 23.2. The summed E-state index contributed by atoms with van der Waals surface area (Å²) >= 11 is 0. The lowest BCUT2D eigenvalue weighted by atomic mass is 10.2. The number of hydrogen-bond acceptors (Lipinski definition) is 4. The highest BCUT2D eigenvalue weighted by Gasteiger charge is 2.27. The lowest BCUT2D eigenvalue weighted by Gasteiger charge is -2.27. The van der Waals surface area contributed by atoms with E-state index in [-0.39, 0.29) is 5.97 Å². The molecule has 0 aromatic rings. The quantitative estimate of drug-likeness (QED) is 0.754. The number of esters is 1. The summed E-state index contributed by atoms with van der Waals surface area (Å²) in [5, 5.41) is 3.08. The van der Waals surface area contributed by atoms with Gasteiger partial charge >= 0.3 is 5.97 Å². The first-order valence-corrected chi connectivity index (χ1v) is 6.11. The lowest BCUT2D eigenvalue weighted by Crippen LogP contribution is -2.45. The summed E-state index contributed by atoms with van der Waals surface area (Å²) in [6.07, 6.45) is 3.74. The van der Waals surface area contributed by atoms with Gasteiger partial charge in [0.1, 0.15) is 12.4 Å². The topological polar surface area (TPSA) is 47.6 Å². The molecule has 0 aromatic heterocycles.